The molecule has 118 valence electrons. The number of nitrogens with one attached hydrogen (secondary N) is 1. The number of carbonyl (C=O) groups excluding carboxylic acids is 1. The molecule has 5 nitrogen and oxygen atoms in total. The number of carbonyl (C=O) groups is 1. The lowest BCUT2D eigenvalue weighted by molar-refractivity contribution is -0.116. The van der Waals surface area contributed by atoms with Crippen molar-refractivity contribution in [2.75, 3.05) is 23.7 Å². The van der Waals surface area contributed by atoms with Crippen molar-refractivity contribution in [2.45, 2.75) is 26.7 Å². The van der Waals surface area contributed by atoms with E-state index >= 15 is 0 Å². The molecule has 0 saturated carbocycles. The lowest BCUT2D eigenvalue weighted by Crippen LogP contribution is -2.24. The molecule has 0 spiro atoms. The van der Waals surface area contributed by atoms with Crippen LogP contribution in [0.25, 0.3) is 0 Å². The lowest BCUT2D eigenvalue weighted by atomic mass is 10.2. The summed E-state index contributed by atoms with van der Waals surface area (Å²) in [5, 5.41) is 11.2. The van der Waals surface area contributed by atoms with Gasteiger partial charge < -0.3 is 10.2 Å². The van der Waals surface area contributed by atoms with E-state index in [2.05, 4.69) is 46.4 Å². The minimum atomic E-state index is -0.0183. The average molecular weight is 318 g/mol. The van der Waals surface area contributed by atoms with Crippen molar-refractivity contribution in [3.05, 3.63) is 29.8 Å². The molecular formula is C16H22N4OS. The molecule has 1 amide bonds. The Morgan fingerprint density at radius 2 is 1.91 bits per heavy atom. The minimum Gasteiger partial charge on any atom is -0.372 e. The van der Waals surface area contributed by atoms with Crippen LogP contribution in [0.4, 0.5) is 5.69 Å². The SMILES string of the molecule is CCCN(CCC)c1ccc(C=NN=C2NC(=O)CS2)cc1. The maximum Gasteiger partial charge on any atom is 0.236 e. The normalized spacial score (nSPS) is 16.5. The zero-order valence-corrected chi connectivity index (χ0v) is 13.9. The number of anilines is 1. The van der Waals surface area contributed by atoms with Crippen LogP contribution in [0.1, 0.15) is 32.3 Å². The predicted octanol–water partition coefficient (Wildman–Crippen LogP) is 2.87. The van der Waals surface area contributed by atoms with Crippen LogP contribution in [0.5, 0.6) is 0 Å². The molecule has 1 saturated heterocycles. The van der Waals surface area contributed by atoms with Crippen molar-refractivity contribution in [3.8, 4) is 0 Å². The largest absolute Gasteiger partial charge is 0.372 e. The van der Waals surface area contributed by atoms with Gasteiger partial charge in [-0.1, -0.05) is 37.7 Å². The van der Waals surface area contributed by atoms with Crippen LogP contribution in [0.3, 0.4) is 0 Å². The molecular weight excluding hydrogens is 296 g/mol. The van der Waals surface area contributed by atoms with Crippen LogP contribution in [0.2, 0.25) is 0 Å². The molecule has 0 aromatic heterocycles. The van der Waals surface area contributed by atoms with Gasteiger partial charge >= 0.3 is 0 Å². The molecule has 6 heteroatoms. The van der Waals surface area contributed by atoms with Crippen molar-refractivity contribution in [1.29, 1.82) is 0 Å². The summed E-state index contributed by atoms with van der Waals surface area (Å²) in [5.41, 5.74) is 2.24. The van der Waals surface area contributed by atoms with E-state index in [0.717, 1.165) is 31.5 Å². The molecule has 1 heterocycles. The molecule has 1 fully saturated rings. The maximum absolute atomic E-state index is 11.0. The highest BCUT2D eigenvalue weighted by atomic mass is 32.2. The summed E-state index contributed by atoms with van der Waals surface area (Å²) < 4.78 is 0. The third-order valence-corrected chi connectivity index (χ3v) is 4.05. The number of amidine groups is 1. The van der Waals surface area contributed by atoms with Gasteiger partial charge in [-0.05, 0) is 30.5 Å². The Bertz CT molecular complexity index is 548. The van der Waals surface area contributed by atoms with Gasteiger partial charge in [-0.2, -0.15) is 5.10 Å². The van der Waals surface area contributed by atoms with Gasteiger partial charge in [0, 0.05) is 18.8 Å². The summed E-state index contributed by atoms with van der Waals surface area (Å²) in [6, 6.07) is 8.31. The third kappa shape index (κ3) is 4.87. The van der Waals surface area contributed by atoms with Gasteiger partial charge in [0.2, 0.25) is 5.91 Å². The minimum absolute atomic E-state index is 0.0183. The number of rotatable bonds is 7. The number of hydrogen-bond donors (Lipinski definition) is 1. The average Bonchev–Trinajstić information content (AvgIpc) is 2.93. The Kier molecular flexibility index (Phi) is 6.45. The first-order valence-corrected chi connectivity index (χ1v) is 8.60. The summed E-state index contributed by atoms with van der Waals surface area (Å²) in [6.45, 7) is 6.54. The van der Waals surface area contributed by atoms with Gasteiger partial charge in [0.1, 0.15) is 0 Å². The van der Waals surface area contributed by atoms with Crippen LogP contribution in [0.15, 0.2) is 34.5 Å². The zero-order chi connectivity index (χ0) is 15.8. The fourth-order valence-corrected chi connectivity index (χ4v) is 2.84. The highest BCUT2D eigenvalue weighted by Crippen LogP contribution is 2.15. The smallest absolute Gasteiger partial charge is 0.236 e. The second kappa shape index (κ2) is 8.58. The van der Waals surface area contributed by atoms with Crippen molar-refractivity contribution >= 4 is 34.7 Å². The number of hydrogen-bond acceptors (Lipinski definition) is 5. The Morgan fingerprint density at radius 1 is 1.23 bits per heavy atom. The molecule has 0 radical (unpaired) electrons. The summed E-state index contributed by atoms with van der Waals surface area (Å²) in [5.74, 6) is 0.406. The van der Waals surface area contributed by atoms with Gasteiger partial charge in [0.05, 0.1) is 12.0 Å². The Balaban J connectivity index is 1.97. The number of amides is 1. The third-order valence-electron chi connectivity index (χ3n) is 3.19. The highest BCUT2D eigenvalue weighted by molar-refractivity contribution is 8.15. The monoisotopic (exact) mass is 318 g/mol. The van der Waals surface area contributed by atoms with Gasteiger partial charge in [-0.15, -0.1) is 5.10 Å². The summed E-state index contributed by atoms with van der Waals surface area (Å²) in [7, 11) is 0. The topological polar surface area (TPSA) is 57.1 Å². The molecule has 0 unspecified atom stereocenters. The maximum atomic E-state index is 11.0. The van der Waals surface area contributed by atoms with Crippen molar-refractivity contribution in [3.63, 3.8) is 0 Å². The lowest BCUT2D eigenvalue weighted by Gasteiger charge is -2.23. The van der Waals surface area contributed by atoms with Crippen molar-refractivity contribution < 1.29 is 4.79 Å². The summed E-state index contributed by atoms with van der Waals surface area (Å²) in [4.78, 5) is 13.4. The first-order chi connectivity index (χ1) is 10.7. The van der Waals surface area contributed by atoms with E-state index < -0.39 is 0 Å². The molecule has 22 heavy (non-hydrogen) atoms. The van der Waals surface area contributed by atoms with Crippen molar-refractivity contribution in [2.24, 2.45) is 10.2 Å². The van der Waals surface area contributed by atoms with E-state index in [1.165, 1.54) is 17.4 Å². The Labute approximate surface area is 135 Å². The fourth-order valence-electron chi connectivity index (χ4n) is 2.21. The zero-order valence-electron chi connectivity index (χ0n) is 13.1. The highest BCUT2D eigenvalue weighted by Gasteiger charge is 2.15. The number of thioether (sulfide) groups is 1. The second-order valence-electron chi connectivity index (χ2n) is 5.07. The molecule has 1 N–H and O–H groups in total. The van der Waals surface area contributed by atoms with Crippen LogP contribution >= 0.6 is 11.8 Å². The van der Waals surface area contributed by atoms with E-state index in [1.807, 2.05) is 12.1 Å². The Morgan fingerprint density at radius 3 is 2.45 bits per heavy atom. The summed E-state index contributed by atoms with van der Waals surface area (Å²) in [6.07, 6.45) is 3.99. The van der Waals surface area contributed by atoms with Gasteiger partial charge in [0.15, 0.2) is 5.17 Å². The van der Waals surface area contributed by atoms with Gasteiger partial charge in [0.25, 0.3) is 0 Å². The van der Waals surface area contributed by atoms with E-state index in [0.29, 0.717) is 10.9 Å². The van der Waals surface area contributed by atoms with Crippen LogP contribution in [-0.4, -0.2) is 36.1 Å². The molecule has 1 aromatic carbocycles. The molecule has 1 aromatic rings. The number of benzene rings is 1. The van der Waals surface area contributed by atoms with E-state index in [9.17, 15) is 4.79 Å². The second-order valence-corrected chi connectivity index (χ2v) is 6.03. The molecule has 1 aliphatic rings. The standard InChI is InChI=1S/C16H22N4OS/c1-3-9-20(10-4-2)14-7-5-13(6-8-14)11-17-19-16-18-15(21)12-22-16/h5-8,11H,3-4,9-10,12H2,1-2H3,(H,18,19,21). The van der Waals surface area contributed by atoms with Gasteiger partial charge in [-0.3, -0.25) is 4.79 Å². The molecule has 0 atom stereocenters. The molecule has 0 aliphatic carbocycles. The van der Waals surface area contributed by atoms with Crippen LogP contribution in [0, 0.1) is 0 Å². The van der Waals surface area contributed by atoms with E-state index in [1.54, 1.807) is 6.21 Å². The predicted molar refractivity (Wildman–Crippen MR) is 94.9 cm³/mol. The number of nitrogens with zero attached hydrogens (tertiary/aromatic N) is 3. The molecule has 0 bridgehead atoms. The fraction of sp³-hybridized carbons (Fsp3) is 0.438. The van der Waals surface area contributed by atoms with Crippen LogP contribution < -0.4 is 10.2 Å². The first kappa shape index (κ1) is 16.5. The summed E-state index contributed by atoms with van der Waals surface area (Å²) >= 11 is 1.37. The molecule has 1 aliphatic heterocycles. The van der Waals surface area contributed by atoms with E-state index in [4.69, 9.17) is 0 Å². The van der Waals surface area contributed by atoms with Crippen molar-refractivity contribution in [1.82, 2.24) is 5.32 Å². The molecule has 2 rings (SSSR count). The quantitative estimate of drug-likeness (QED) is 0.621. The Hall–Kier alpha value is -1.82. The first-order valence-electron chi connectivity index (χ1n) is 7.61. The van der Waals surface area contributed by atoms with Gasteiger partial charge in [-0.25, -0.2) is 0 Å². The van der Waals surface area contributed by atoms with E-state index in [-0.39, 0.29) is 5.91 Å². The van der Waals surface area contributed by atoms with Crippen LogP contribution in [-0.2, 0) is 4.79 Å².